The highest BCUT2D eigenvalue weighted by molar-refractivity contribution is 7.13. The summed E-state index contributed by atoms with van der Waals surface area (Å²) < 4.78 is 28.4. The third-order valence-corrected chi connectivity index (χ3v) is 4.91. The number of rotatable bonds is 3. The Morgan fingerprint density at radius 3 is 2.65 bits per heavy atom. The van der Waals surface area contributed by atoms with E-state index in [1.54, 1.807) is 22.2 Å². The lowest BCUT2D eigenvalue weighted by Crippen LogP contribution is -2.11. The van der Waals surface area contributed by atoms with E-state index in [1.165, 1.54) is 28.3 Å². The van der Waals surface area contributed by atoms with Gasteiger partial charge in [-0.3, -0.25) is 0 Å². The molecule has 7 heteroatoms. The van der Waals surface area contributed by atoms with Gasteiger partial charge in [0.25, 0.3) is 0 Å². The van der Waals surface area contributed by atoms with Crippen LogP contribution in [0, 0.1) is 25.5 Å². The molecule has 0 amide bonds. The standard InChI is InChI=1S/C16H13F2N3S2/c1-10-9-22-16(20-15-6-4-12(17)7-14(15)18)21(10)19-8-13-5-3-11(2)23-13/h3-9H,1-2H3. The normalized spacial score (nSPS) is 12.4. The van der Waals surface area contributed by atoms with E-state index >= 15 is 0 Å². The van der Waals surface area contributed by atoms with Gasteiger partial charge in [0, 0.05) is 21.2 Å². The maximum absolute atomic E-state index is 13.8. The van der Waals surface area contributed by atoms with Crippen molar-refractivity contribution in [2.75, 3.05) is 0 Å². The van der Waals surface area contributed by atoms with Crippen LogP contribution in [0.1, 0.15) is 15.4 Å². The molecule has 0 radical (unpaired) electrons. The average molecular weight is 349 g/mol. The minimum atomic E-state index is -0.694. The van der Waals surface area contributed by atoms with E-state index in [0.29, 0.717) is 4.80 Å². The number of halogens is 2. The van der Waals surface area contributed by atoms with Crippen molar-refractivity contribution in [1.29, 1.82) is 0 Å². The van der Waals surface area contributed by atoms with Crippen molar-refractivity contribution >= 4 is 34.6 Å². The molecule has 2 aromatic heterocycles. The highest BCUT2D eigenvalue weighted by Crippen LogP contribution is 2.18. The van der Waals surface area contributed by atoms with Crippen LogP contribution in [-0.2, 0) is 0 Å². The lowest BCUT2D eigenvalue weighted by molar-refractivity contribution is 0.584. The van der Waals surface area contributed by atoms with Gasteiger partial charge in [-0.15, -0.1) is 22.7 Å². The Morgan fingerprint density at radius 1 is 1.13 bits per heavy atom. The Hall–Kier alpha value is -2.12. The van der Waals surface area contributed by atoms with E-state index in [0.717, 1.165) is 16.6 Å². The third kappa shape index (κ3) is 3.62. The summed E-state index contributed by atoms with van der Waals surface area (Å²) in [6, 6.07) is 7.33. The number of aryl methyl sites for hydroxylation is 2. The fourth-order valence-corrected chi connectivity index (χ4v) is 3.48. The first-order valence-corrected chi connectivity index (χ1v) is 8.50. The second kappa shape index (κ2) is 6.55. The van der Waals surface area contributed by atoms with E-state index in [-0.39, 0.29) is 5.69 Å². The third-order valence-electron chi connectivity index (χ3n) is 3.04. The number of nitrogens with zero attached hydrogens (tertiary/aromatic N) is 3. The average Bonchev–Trinajstić information content (AvgIpc) is 3.06. The maximum Gasteiger partial charge on any atom is 0.211 e. The Morgan fingerprint density at radius 2 is 1.96 bits per heavy atom. The van der Waals surface area contributed by atoms with Crippen LogP contribution in [0.4, 0.5) is 14.5 Å². The summed E-state index contributed by atoms with van der Waals surface area (Å²) in [5.74, 6) is -1.32. The summed E-state index contributed by atoms with van der Waals surface area (Å²) in [6.07, 6.45) is 1.75. The molecule has 0 N–H and O–H groups in total. The van der Waals surface area contributed by atoms with Gasteiger partial charge in [-0.25, -0.2) is 18.4 Å². The molecule has 0 saturated heterocycles. The number of thiazole rings is 1. The van der Waals surface area contributed by atoms with Gasteiger partial charge < -0.3 is 0 Å². The molecule has 3 nitrogen and oxygen atoms in total. The smallest absolute Gasteiger partial charge is 0.211 e. The molecule has 3 aromatic rings. The largest absolute Gasteiger partial charge is 0.217 e. The Labute approximate surface area is 139 Å². The zero-order valence-electron chi connectivity index (χ0n) is 12.5. The first-order valence-electron chi connectivity index (χ1n) is 6.80. The van der Waals surface area contributed by atoms with Crippen LogP contribution in [-0.4, -0.2) is 10.9 Å². The van der Waals surface area contributed by atoms with E-state index in [2.05, 4.69) is 10.1 Å². The fourth-order valence-electron chi connectivity index (χ4n) is 1.92. The van der Waals surface area contributed by atoms with Gasteiger partial charge in [-0.2, -0.15) is 5.10 Å². The van der Waals surface area contributed by atoms with Crippen molar-refractivity contribution in [2.24, 2.45) is 10.1 Å². The predicted molar refractivity (Wildman–Crippen MR) is 90.7 cm³/mol. The zero-order chi connectivity index (χ0) is 16.4. The number of aromatic nitrogens is 1. The molecular formula is C16H13F2N3S2. The molecule has 0 aliphatic carbocycles. The van der Waals surface area contributed by atoms with Gasteiger partial charge in [0.15, 0.2) is 5.82 Å². The molecule has 3 rings (SSSR count). The quantitative estimate of drug-likeness (QED) is 0.618. The van der Waals surface area contributed by atoms with Gasteiger partial charge in [0.1, 0.15) is 11.5 Å². The lowest BCUT2D eigenvalue weighted by Gasteiger charge is -1.98. The van der Waals surface area contributed by atoms with Gasteiger partial charge in [0.2, 0.25) is 4.80 Å². The van der Waals surface area contributed by atoms with Crippen LogP contribution in [0.25, 0.3) is 0 Å². The molecule has 0 saturated carbocycles. The van der Waals surface area contributed by atoms with Crippen molar-refractivity contribution < 1.29 is 8.78 Å². The SMILES string of the molecule is Cc1ccc(C=Nn2c(C)csc2=Nc2ccc(F)cc2F)s1. The van der Waals surface area contributed by atoms with Gasteiger partial charge in [0.05, 0.1) is 11.9 Å². The van der Waals surface area contributed by atoms with Crippen LogP contribution in [0.5, 0.6) is 0 Å². The maximum atomic E-state index is 13.8. The van der Waals surface area contributed by atoms with Crippen molar-refractivity contribution in [1.82, 2.24) is 4.68 Å². The molecule has 0 spiro atoms. The molecule has 23 heavy (non-hydrogen) atoms. The van der Waals surface area contributed by atoms with Crippen molar-refractivity contribution in [3.8, 4) is 0 Å². The fraction of sp³-hybridized carbons (Fsp3) is 0.125. The molecule has 0 unspecified atom stereocenters. The molecule has 0 aliphatic rings. The van der Waals surface area contributed by atoms with E-state index < -0.39 is 11.6 Å². The summed E-state index contributed by atoms with van der Waals surface area (Å²) in [4.78, 5) is 7.01. The van der Waals surface area contributed by atoms with Crippen molar-refractivity contribution in [3.05, 3.63) is 67.6 Å². The first-order chi connectivity index (χ1) is 11.0. The van der Waals surface area contributed by atoms with Crippen LogP contribution in [0.3, 0.4) is 0 Å². The lowest BCUT2D eigenvalue weighted by atomic mass is 10.3. The molecule has 0 fully saturated rings. The number of thiophene rings is 1. The second-order valence-corrected chi connectivity index (χ2v) is 7.03. The minimum Gasteiger partial charge on any atom is -0.217 e. The molecule has 2 heterocycles. The summed E-state index contributed by atoms with van der Waals surface area (Å²) in [5, 5.41) is 6.30. The Bertz CT molecular complexity index is 935. The van der Waals surface area contributed by atoms with Crippen LogP contribution < -0.4 is 4.80 Å². The van der Waals surface area contributed by atoms with E-state index in [9.17, 15) is 8.78 Å². The van der Waals surface area contributed by atoms with Crippen molar-refractivity contribution in [3.63, 3.8) is 0 Å². The Balaban J connectivity index is 2.01. The molecule has 1 aromatic carbocycles. The van der Waals surface area contributed by atoms with E-state index in [1.807, 2.05) is 31.4 Å². The minimum absolute atomic E-state index is 0.0872. The van der Waals surface area contributed by atoms with Crippen LogP contribution in [0.2, 0.25) is 0 Å². The number of hydrogen-bond donors (Lipinski definition) is 0. The molecule has 0 aliphatic heterocycles. The van der Waals surface area contributed by atoms with Crippen LogP contribution in [0.15, 0.2) is 45.8 Å². The molecule has 118 valence electrons. The Kier molecular flexibility index (Phi) is 4.49. The molecule has 0 bridgehead atoms. The summed E-state index contributed by atoms with van der Waals surface area (Å²) in [7, 11) is 0. The zero-order valence-corrected chi connectivity index (χ0v) is 14.1. The van der Waals surface area contributed by atoms with Crippen molar-refractivity contribution in [2.45, 2.75) is 13.8 Å². The second-order valence-electron chi connectivity index (χ2n) is 4.87. The monoisotopic (exact) mass is 349 g/mol. The first kappa shape index (κ1) is 15.8. The molecular weight excluding hydrogens is 336 g/mol. The highest BCUT2D eigenvalue weighted by atomic mass is 32.1. The summed E-state index contributed by atoms with van der Waals surface area (Å²) >= 11 is 2.99. The molecule has 0 atom stereocenters. The van der Waals surface area contributed by atoms with Gasteiger partial charge in [-0.05, 0) is 38.1 Å². The van der Waals surface area contributed by atoms with Crippen LogP contribution >= 0.6 is 22.7 Å². The number of hydrogen-bond acceptors (Lipinski definition) is 4. The number of benzene rings is 1. The summed E-state index contributed by atoms with van der Waals surface area (Å²) in [6.45, 7) is 3.93. The topological polar surface area (TPSA) is 29.6 Å². The van der Waals surface area contributed by atoms with Gasteiger partial charge in [-0.1, -0.05) is 0 Å². The highest BCUT2D eigenvalue weighted by Gasteiger charge is 2.05. The summed E-state index contributed by atoms with van der Waals surface area (Å²) in [5.41, 5.74) is 0.977. The van der Waals surface area contributed by atoms with E-state index in [4.69, 9.17) is 0 Å². The van der Waals surface area contributed by atoms with Gasteiger partial charge >= 0.3 is 0 Å². The predicted octanol–water partition coefficient (Wildman–Crippen LogP) is 4.62.